The van der Waals surface area contributed by atoms with Gasteiger partial charge in [0.25, 0.3) is 5.91 Å². The molecule has 2 heterocycles. The normalized spacial score (nSPS) is 16.7. The topological polar surface area (TPSA) is 113 Å². The number of carbonyl (C=O) groups is 2. The zero-order valence-electron chi connectivity index (χ0n) is 14.0. The van der Waals surface area contributed by atoms with Crippen LogP contribution < -0.4 is 11.0 Å². The second-order valence-corrected chi connectivity index (χ2v) is 6.32. The maximum atomic E-state index is 12.7. The van der Waals surface area contributed by atoms with E-state index in [0.29, 0.717) is 49.2 Å². The molecule has 0 unspecified atom stereocenters. The van der Waals surface area contributed by atoms with Gasteiger partial charge in [-0.25, -0.2) is 4.79 Å². The molecular weight excluding hydrogens is 326 g/mol. The number of rotatable bonds is 5. The Hall–Kier alpha value is -2.61. The van der Waals surface area contributed by atoms with Crippen LogP contribution in [0.25, 0.3) is 11.0 Å². The van der Waals surface area contributed by atoms with Gasteiger partial charge in [0.15, 0.2) is 0 Å². The molecule has 1 amide bonds. The van der Waals surface area contributed by atoms with Crippen LogP contribution in [0.2, 0.25) is 0 Å². The van der Waals surface area contributed by atoms with Crippen LogP contribution in [-0.2, 0) is 16.1 Å². The van der Waals surface area contributed by atoms with E-state index in [1.165, 1.54) is 0 Å². The average molecular weight is 347 g/mol. The Morgan fingerprint density at radius 1 is 1.36 bits per heavy atom. The van der Waals surface area contributed by atoms with Gasteiger partial charge in [0, 0.05) is 25.3 Å². The number of fused-ring (bicyclic) bond motifs is 1. The van der Waals surface area contributed by atoms with Crippen molar-refractivity contribution >= 4 is 22.9 Å². The molecule has 1 saturated heterocycles. The standard InChI is InChI=1S/C17H21N3O5/c1-2-20-13-9-11(3-4-12(13)18-16(20)24)15(23)19-17(10-14(21)22)5-7-25-8-6-17/h3-4,9H,2,5-8,10H2,1H3,(H,18,24)(H,19,23)(H,21,22). The smallest absolute Gasteiger partial charge is 0.326 e. The third kappa shape index (κ3) is 3.43. The molecule has 2 aromatic rings. The van der Waals surface area contributed by atoms with Crippen LogP contribution >= 0.6 is 0 Å². The molecule has 3 rings (SSSR count). The highest BCUT2D eigenvalue weighted by Gasteiger charge is 2.36. The third-order valence-corrected chi connectivity index (χ3v) is 4.67. The van der Waals surface area contributed by atoms with Gasteiger partial charge in [0.2, 0.25) is 0 Å². The first-order valence-corrected chi connectivity index (χ1v) is 8.29. The number of hydrogen-bond acceptors (Lipinski definition) is 4. The highest BCUT2D eigenvalue weighted by atomic mass is 16.5. The van der Waals surface area contributed by atoms with Crippen molar-refractivity contribution < 1.29 is 19.4 Å². The number of amides is 1. The fourth-order valence-corrected chi connectivity index (χ4v) is 3.32. The first kappa shape index (κ1) is 17.2. The molecule has 8 heteroatoms. The fourth-order valence-electron chi connectivity index (χ4n) is 3.32. The fraction of sp³-hybridized carbons (Fsp3) is 0.471. The zero-order valence-corrected chi connectivity index (χ0v) is 14.0. The number of aromatic nitrogens is 2. The van der Waals surface area contributed by atoms with Gasteiger partial charge in [-0.15, -0.1) is 0 Å². The summed E-state index contributed by atoms with van der Waals surface area (Å²) >= 11 is 0. The SMILES string of the molecule is CCn1c(=O)[nH]c2ccc(C(=O)NC3(CC(=O)O)CCOCC3)cc21. The molecule has 1 aliphatic heterocycles. The molecule has 1 fully saturated rings. The van der Waals surface area contributed by atoms with Gasteiger partial charge in [-0.3, -0.25) is 14.2 Å². The summed E-state index contributed by atoms with van der Waals surface area (Å²) in [6.07, 6.45) is 0.766. The molecule has 0 atom stereocenters. The van der Waals surface area contributed by atoms with E-state index in [9.17, 15) is 19.5 Å². The lowest BCUT2D eigenvalue weighted by atomic mass is 9.86. The first-order valence-electron chi connectivity index (χ1n) is 8.29. The second kappa shape index (κ2) is 6.72. The number of carbonyl (C=O) groups excluding carboxylic acids is 1. The lowest BCUT2D eigenvalue weighted by Crippen LogP contribution is -2.53. The summed E-state index contributed by atoms with van der Waals surface area (Å²) in [7, 11) is 0. The minimum Gasteiger partial charge on any atom is -0.481 e. The summed E-state index contributed by atoms with van der Waals surface area (Å²) < 4.78 is 6.85. The highest BCUT2D eigenvalue weighted by Crippen LogP contribution is 2.25. The van der Waals surface area contributed by atoms with Crippen molar-refractivity contribution in [1.82, 2.24) is 14.9 Å². The van der Waals surface area contributed by atoms with E-state index in [-0.39, 0.29) is 18.0 Å². The molecule has 0 aliphatic carbocycles. The molecule has 0 radical (unpaired) electrons. The number of aromatic amines is 1. The van der Waals surface area contributed by atoms with E-state index in [1.807, 2.05) is 6.92 Å². The van der Waals surface area contributed by atoms with Crippen molar-refractivity contribution in [3.63, 3.8) is 0 Å². The number of ether oxygens (including phenoxy) is 1. The van der Waals surface area contributed by atoms with Crippen molar-refractivity contribution in [2.45, 2.75) is 38.3 Å². The van der Waals surface area contributed by atoms with Crippen LogP contribution in [0.15, 0.2) is 23.0 Å². The largest absolute Gasteiger partial charge is 0.481 e. The van der Waals surface area contributed by atoms with E-state index < -0.39 is 11.5 Å². The Morgan fingerprint density at radius 2 is 2.08 bits per heavy atom. The minimum absolute atomic E-state index is 0.145. The predicted molar refractivity (Wildman–Crippen MR) is 90.7 cm³/mol. The number of nitrogens with one attached hydrogen (secondary N) is 2. The second-order valence-electron chi connectivity index (χ2n) is 6.32. The number of imidazole rings is 1. The maximum absolute atomic E-state index is 12.7. The molecular formula is C17H21N3O5. The number of carboxylic acids is 1. The van der Waals surface area contributed by atoms with E-state index in [0.717, 1.165) is 0 Å². The van der Waals surface area contributed by atoms with Crippen LogP contribution in [0, 0.1) is 0 Å². The van der Waals surface area contributed by atoms with E-state index in [2.05, 4.69) is 10.3 Å². The van der Waals surface area contributed by atoms with Crippen LogP contribution in [0.3, 0.4) is 0 Å². The van der Waals surface area contributed by atoms with Gasteiger partial charge in [-0.05, 0) is 38.0 Å². The predicted octanol–water partition coefficient (Wildman–Crippen LogP) is 1.10. The molecule has 0 saturated carbocycles. The van der Waals surface area contributed by atoms with E-state index >= 15 is 0 Å². The third-order valence-electron chi connectivity index (χ3n) is 4.67. The molecule has 134 valence electrons. The van der Waals surface area contributed by atoms with Crippen LogP contribution in [0.1, 0.15) is 36.5 Å². The lowest BCUT2D eigenvalue weighted by Gasteiger charge is -2.36. The molecule has 0 spiro atoms. The van der Waals surface area contributed by atoms with Gasteiger partial charge >= 0.3 is 11.7 Å². The van der Waals surface area contributed by atoms with Crippen molar-refractivity contribution in [3.05, 3.63) is 34.2 Å². The van der Waals surface area contributed by atoms with E-state index in [1.54, 1.807) is 22.8 Å². The zero-order chi connectivity index (χ0) is 18.0. The Labute approximate surface area is 143 Å². The number of nitrogens with zero attached hydrogens (tertiary/aromatic N) is 1. The number of aliphatic carboxylic acids is 1. The monoisotopic (exact) mass is 347 g/mol. The van der Waals surface area contributed by atoms with Gasteiger partial charge in [0.1, 0.15) is 0 Å². The molecule has 0 bridgehead atoms. The van der Waals surface area contributed by atoms with Crippen molar-refractivity contribution in [3.8, 4) is 0 Å². The summed E-state index contributed by atoms with van der Waals surface area (Å²) in [5, 5.41) is 12.1. The van der Waals surface area contributed by atoms with Gasteiger partial charge in [-0.1, -0.05) is 0 Å². The molecule has 3 N–H and O–H groups in total. The number of carboxylic acid groups (broad SMARTS) is 1. The molecule has 1 aromatic carbocycles. The quantitative estimate of drug-likeness (QED) is 0.750. The molecule has 8 nitrogen and oxygen atoms in total. The molecule has 1 aromatic heterocycles. The molecule has 25 heavy (non-hydrogen) atoms. The van der Waals surface area contributed by atoms with Crippen molar-refractivity contribution in [2.24, 2.45) is 0 Å². The number of benzene rings is 1. The number of aryl methyl sites for hydroxylation is 1. The minimum atomic E-state index is -0.955. The Bertz CT molecular complexity index is 861. The van der Waals surface area contributed by atoms with Crippen molar-refractivity contribution in [2.75, 3.05) is 13.2 Å². The first-order chi connectivity index (χ1) is 11.9. The van der Waals surface area contributed by atoms with Crippen molar-refractivity contribution in [1.29, 1.82) is 0 Å². The maximum Gasteiger partial charge on any atom is 0.326 e. The summed E-state index contributed by atoms with van der Waals surface area (Å²) in [5.41, 5.74) is 0.680. The van der Waals surface area contributed by atoms with Gasteiger partial charge < -0.3 is 20.1 Å². The Morgan fingerprint density at radius 3 is 2.72 bits per heavy atom. The summed E-state index contributed by atoms with van der Waals surface area (Å²) in [4.78, 5) is 38.5. The Balaban J connectivity index is 1.90. The van der Waals surface area contributed by atoms with Gasteiger partial charge in [-0.2, -0.15) is 0 Å². The number of H-pyrrole nitrogens is 1. The van der Waals surface area contributed by atoms with Gasteiger partial charge in [0.05, 0.1) is 23.0 Å². The highest BCUT2D eigenvalue weighted by molar-refractivity contribution is 5.98. The van der Waals surface area contributed by atoms with Crippen LogP contribution in [0.4, 0.5) is 0 Å². The van der Waals surface area contributed by atoms with Crippen LogP contribution in [0.5, 0.6) is 0 Å². The lowest BCUT2D eigenvalue weighted by molar-refractivity contribution is -0.139. The molecule has 1 aliphatic rings. The van der Waals surface area contributed by atoms with Crippen LogP contribution in [-0.4, -0.2) is 45.3 Å². The Kier molecular flexibility index (Phi) is 4.63. The van der Waals surface area contributed by atoms with E-state index in [4.69, 9.17) is 4.74 Å². The number of hydrogen-bond donors (Lipinski definition) is 3. The average Bonchev–Trinajstić information content (AvgIpc) is 2.88. The summed E-state index contributed by atoms with van der Waals surface area (Å²) in [5.74, 6) is -1.30. The summed E-state index contributed by atoms with van der Waals surface area (Å²) in [6, 6.07) is 4.97. The summed E-state index contributed by atoms with van der Waals surface area (Å²) in [6.45, 7) is 3.18.